The molecular formula is C23H19N3O5S. The lowest BCUT2D eigenvalue weighted by atomic mass is 10.2. The van der Waals surface area contributed by atoms with Crippen molar-refractivity contribution in [3.05, 3.63) is 93.3 Å². The largest absolute Gasteiger partial charge is 0.457 e. The third kappa shape index (κ3) is 4.74. The summed E-state index contributed by atoms with van der Waals surface area (Å²) < 4.78 is 13.5. The minimum atomic E-state index is -0.446. The van der Waals surface area contributed by atoms with Crippen molar-refractivity contribution in [2.75, 3.05) is 13.7 Å². The van der Waals surface area contributed by atoms with Crippen molar-refractivity contribution in [3.8, 4) is 11.5 Å². The fourth-order valence-electron chi connectivity index (χ4n) is 3.13. The molecule has 4 aromatic rings. The third-order valence-corrected chi connectivity index (χ3v) is 5.69. The molecule has 162 valence electrons. The Hall–Kier alpha value is -3.82. The highest BCUT2D eigenvalue weighted by Gasteiger charge is 2.13. The molecule has 4 rings (SSSR count). The molecule has 0 saturated carbocycles. The van der Waals surface area contributed by atoms with Gasteiger partial charge in [0, 0.05) is 31.4 Å². The number of hydrogen-bond donors (Lipinski definition) is 0. The Morgan fingerprint density at radius 1 is 1.06 bits per heavy atom. The van der Waals surface area contributed by atoms with Crippen LogP contribution in [0.4, 0.5) is 5.69 Å². The molecular weight excluding hydrogens is 430 g/mol. The van der Waals surface area contributed by atoms with Gasteiger partial charge in [-0.2, -0.15) is 4.99 Å². The van der Waals surface area contributed by atoms with Crippen LogP contribution in [0, 0.1) is 10.1 Å². The average Bonchev–Trinajstić information content (AvgIpc) is 3.14. The van der Waals surface area contributed by atoms with E-state index in [2.05, 4.69) is 4.99 Å². The van der Waals surface area contributed by atoms with E-state index in [0.29, 0.717) is 39.7 Å². The summed E-state index contributed by atoms with van der Waals surface area (Å²) in [6, 6.07) is 20.7. The number of nitro benzene ring substituents is 1. The van der Waals surface area contributed by atoms with Gasteiger partial charge in [-0.1, -0.05) is 35.6 Å². The maximum atomic E-state index is 12.9. The van der Waals surface area contributed by atoms with Crippen molar-refractivity contribution >= 4 is 33.1 Å². The van der Waals surface area contributed by atoms with Crippen molar-refractivity contribution in [2.24, 2.45) is 4.99 Å². The van der Waals surface area contributed by atoms with E-state index < -0.39 is 10.8 Å². The first-order chi connectivity index (χ1) is 15.5. The first kappa shape index (κ1) is 21.4. The maximum absolute atomic E-state index is 12.9. The number of non-ortho nitro benzene ring substituents is 1. The molecule has 0 fully saturated rings. The Morgan fingerprint density at radius 3 is 2.59 bits per heavy atom. The predicted octanol–water partition coefficient (Wildman–Crippen LogP) is 4.79. The van der Waals surface area contributed by atoms with Gasteiger partial charge in [-0.25, -0.2) is 0 Å². The van der Waals surface area contributed by atoms with Gasteiger partial charge in [0.05, 0.1) is 21.7 Å². The van der Waals surface area contributed by atoms with Gasteiger partial charge in [0.1, 0.15) is 11.5 Å². The number of nitrogens with zero attached hydrogens (tertiary/aromatic N) is 3. The van der Waals surface area contributed by atoms with E-state index in [1.165, 1.54) is 23.5 Å². The Labute approximate surface area is 187 Å². The van der Waals surface area contributed by atoms with Crippen LogP contribution in [-0.4, -0.2) is 29.1 Å². The monoisotopic (exact) mass is 449 g/mol. The van der Waals surface area contributed by atoms with E-state index in [9.17, 15) is 14.9 Å². The molecule has 0 aliphatic rings. The van der Waals surface area contributed by atoms with Crippen LogP contribution < -0.4 is 9.54 Å². The van der Waals surface area contributed by atoms with Crippen LogP contribution in [0.3, 0.4) is 0 Å². The zero-order valence-electron chi connectivity index (χ0n) is 17.1. The van der Waals surface area contributed by atoms with Gasteiger partial charge < -0.3 is 14.0 Å². The van der Waals surface area contributed by atoms with E-state index in [4.69, 9.17) is 9.47 Å². The smallest absolute Gasteiger partial charge is 0.279 e. The van der Waals surface area contributed by atoms with Crippen molar-refractivity contribution < 1.29 is 19.2 Å². The zero-order chi connectivity index (χ0) is 22.5. The number of fused-ring (bicyclic) bond motifs is 1. The summed E-state index contributed by atoms with van der Waals surface area (Å²) in [6.07, 6.45) is 0. The van der Waals surface area contributed by atoms with Crippen LogP contribution >= 0.6 is 11.3 Å². The number of aromatic nitrogens is 1. The highest BCUT2D eigenvalue weighted by Crippen LogP contribution is 2.24. The second kappa shape index (κ2) is 9.54. The van der Waals surface area contributed by atoms with Crippen molar-refractivity contribution in [2.45, 2.75) is 6.54 Å². The quantitative estimate of drug-likeness (QED) is 0.299. The lowest BCUT2D eigenvalue weighted by Crippen LogP contribution is -2.19. The number of rotatable bonds is 7. The number of thiazole rings is 1. The number of carbonyl (C=O) groups is 1. The summed E-state index contributed by atoms with van der Waals surface area (Å²) in [5, 5.41) is 11.1. The molecule has 8 nitrogen and oxygen atoms in total. The highest BCUT2D eigenvalue weighted by molar-refractivity contribution is 7.16. The van der Waals surface area contributed by atoms with Crippen LogP contribution in [0.2, 0.25) is 0 Å². The molecule has 1 aromatic heterocycles. The van der Waals surface area contributed by atoms with E-state index in [1.54, 1.807) is 37.4 Å². The minimum Gasteiger partial charge on any atom is -0.457 e. The second-order valence-corrected chi connectivity index (χ2v) is 7.81. The molecule has 0 N–H and O–H groups in total. The highest BCUT2D eigenvalue weighted by atomic mass is 32.1. The van der Waals surface area contributed by atoms with Gasteiger partial charge >= 0.3 is 0 Å². The predicted molar refractivity (Wildman–Crippen MR) is 121 cm³/mol. The molecule has 9 heteroatoms. The maximum Gasteiger partial charge on any atom is 0.279 e. The first-order valence-electron chi connectivity index (χ1n) is 9.74. The molecule has 0 atom stereocenters. The van der Waals surface area contributed by atoms with E-state index in [-0.39, 0.29) is 5.69 Å². The van der Waals surface area contributed by atoms with Crippen LogP contribution in [-0.2, 0) is 11.3 Å². The van der Waals surface area contributed by atoms with E-state index in [1.807, 2.05) is 34.9 Å². The number of benzene rings is 3. The number of nitro groups is 1. The summed E-state index contributed by atoms with van der Waals surface area (Å²) in [6.45, 7) is 0.863. The minimum absolute atomic E-state index is 0.0127. The number of ether oxygens (including phenoxy) is 2. The Kier molecular flexibility index (Phi) is 6.39. The van der Waals surface area contributed by atoms with Crippen LogP contribution in [0.25, 0.3) is 10.2 Å². The van der Waals surface area contributed by atoms with Gasteiger partial charge in [0.25, 0.3) is 11.6 Å². The SMILES string of the molecule is COCCn1c(=NC(=O)c2cccc(Oc3ccccc3)c2)sc2cc([N+](=O)[O-])ccc21. The van der Waals surface area contributed by atoms with Crippen LogP contribution in [0.15, 0.2) is 77.8 Å². The zero-order valence-corrected chi connectivity index (χ0v) is 18.0. The lowest BCUT2D eigenvalue weighted by molar-refractivity contribution is -0.384. The summed E-state index contributed by atoms with van der Waals surface area (Å²) in [5.41, 5.74) is 1.12. The van der Waals surface area contributed by atoms with Crippen molar-refractivity contribution in [1.29, 1.82) is 0 Å². The molecule has 0 aliphatic carbocycles. The summed E-state index contributed by atoms with van der Waals surface area (Å²) in [7, 11) is 1.58. The standard InChI is InChI=1S/C23H19N3O5S/c1-30-13-12-25-20-11-10-17(26(28)29)15-21(20)32-23(25)24-22(27)16-6-5-9-19(14-16)31-18-7-3-2-4-8-18/h2-11,14-15H,12-13H2,1H3. The Morgan fingerprint density at radius 2 is 1.84 bits per heavy atom. The molecule has 0 spiro atoms. The Balaban J connectivity index is 1.70. The third-order valence-electron chi connectivity index (χ3n) is 4.65. The first-order valence-corrected chi connectivity index (χ1v) is 10.6. The van der Waals surface area contributed by atoms with Gasteiger partial charge in [-0.3, -0.25) is 14.9 Å². The normalized spacial score (nSPS) is 11.6. The molecule has 0 saturated heterocycles. The number of carbonyl (C=O) groups excluding carboxylic acids is 1. The van der Waals surface area contributed by atoms with Crippen molar-refractivity contribution in [1.82, 2.24) is 4.57 Å². The second-order valence-electron chi connectivity index (χ2n) is 6.80. The average molecular weight is 449 g/mol. The molecule has 32 heavy (non-hydrogen) atoms. The van der Waals surface area contributed by atoms with Gasteiger partial charge in [-0.15, -0.1) is 0 Å². The summed E-state index contributed by atoms with van der Waals surface area (Å²) in [4.78, 5) is 28.4. The number of amides is 1. The summed E-state index contributed by atoms with van der Waals surface area (Å²) >= 11 is 1.22. The number of methoxy groups -OCH3 is 1. The molecule has 0 unspecified atom stereocenters. The van der Waals surface area contributed by atoms with Gasteiger partial charge in [0.2, 0.25) is 0 Å². The molecule has 1 heterocycles. The molecule has 0 radical (unpaired) electrons. The van der Waals surface area contributed by atoms with Crippen LogP contribution in [0.1, 0.15) is 10.4 Å². The van der Waals surface area contributed by atoms with Gasteiger partial charge in [0.15, 0.2) is 4.80 Å². The molecule has 1 amide bonds. The Bertz CT molecular complexity index is 1340. The van der Waals surface area contributed by atoms with E-state index >= 15 is 0 Å². The molecule has 0 aliphatic heterocycles. The van der Waals surface area contributed by atoms with Gasteiger partial charge in [-0.05, 0) is 36.4 Å². The van der Waals surface area contributed by atoms with Crippen LogP contribution in [0.5, 0.6) is 11.5 Å². The molecule has 0 bridgehead atoms. The number of hydrogen-bond acceptors (Lipinski definition) is 6. The number of para-hydroxylation sites is 1. The molecule has 3 aromatic carbocycles. The van der Waals surface area contributed by atoms with E-state index in [0.717, 1.165) is 5.52 Å². The lowest BCUT2D eigenvalue weighted by Gasteiger charge is -2.06. The van der Waals surface area contributed by atoms with Crippen molar-refractivity contribution in [3.63, 3.8) is 0 Å². The fraction of sp³-hybridized carbons (Fsp3) is 0.130. The summed E-state index contributed by atoms with van der Waals surface area (Å²) in [5.74, 6) is 0.754. The fourth-order valence-corrected chi connectivity index (χ4v) is 4.22. The topological polar surface area (TPSA) is 96.0 Å².